The predicted molar refractivity (Wildman–Crippen MR) is 108 cm³/mol. The van der Waals surface area contributed by atoms with Crippen molar-refractivity contribution < 1.29 is 22.9 Å². The number of nitro groups is 1. The number of non-ortho nitro benzene ring substituents is 1. The van der Waals surface area contributed by atoms with E-state index in [1.165, 1.54) is 18.2 Å². The number of nitro benzene ring substituents is 1. The second-order valence-electron chi connectivity index (χ2n) is 6.07. The summed E-state index contributed by atoms with van der Waals surface area (Å²) in [6.07, 6.45) is 0. The van der Waals surface area contributed by atoms with Gasteiger partial charge in [-0.3, -0.25) is 19.2 Å². The van der Waals surface area contributed by atoms with E-state index in [4.69, 9.17) is 4.74 Å². The number of sulfonamides is 1. The molecule has 0 aliphatic rings. The van der Waals surface area contributed by atoms with Crippen LogP contribution >= 0.6 is 0 Å². The molecule has 0 aromatic heterocycles. The number of hydrogen-bond acceptors (Lipinski definition) is 6. The topological polar surface area (TPSA) is 107 Å². The van der Waals surface area contributed by atoms with Crippen LogP contribution < -0.4 is 4.31 Å². The van der Waals surface area contributed by atoms with Gasteiger partial charge in [-0.05, 0) is 24.4 Å². The average Bonchev–Trinajstić information content (AvgIpc) is 2.72. The van der Waals surface area contributed by atoms with Gasteiger partial charge in [0.25, 0.3) is 15.7 Å². The second-order valence-corrected chi connectivity index (χ2v) is 7.93. The molecule has 3 aromatic rings. The Morgan fingerprint density at radius 1 is 1.07 bits per heavy atom. The van der Waals surface area contributed by atoms with Crippen LogP contribution in [0.15, 0.2) is 71.6 Å². The van der Waals surface area contributed by atoms with Gasteiger partial charge < -0.3 is 4.74 Å². The van der Waals surface area contributed by atoms with E-state index in [0.717, 1.165) is 15.8 Å². The highest BCUT2D eigenvalue weighted by atomic mass is 32.2. The van der Waals surface area contributed by atoms with E-state index in [-0.39, 0.29) is 22.9 Å². The zero-order valence-electron chi connectivity index (χ0n) is 15.5. The lowest BCUT2D eigenvalue weighted by Gasteiger charge is -2.25. The van der Waals surface area contributed by atoms with Gasteiger partial charge in [0.1, 0.15) is 6.54 Å². The van der Waals surface area contributed by atoms with Gasteiger partial charge in [0, 0.05) is 17.5 Å². The van der Waals surface area contributed by atoms with Crippen LogP contribution in [0.4, 0.5) is 11.4 Å². The van der Waals surface area contributed by atoms with E-state index >= 15 is 0 Å². The number of anilines is 1. The highest BCUT2D eigenvalue weighted by molar-refractivity contribution is 7.92. The van der Waals surface area contributed by atoms with Crippen molar-refractivity contribution in [3.63, 3.8) is 0 Å². The normalized spacial score (nSPS) is 11.2. The minimum Gasteiger partial charge on any atom is -0.465 e. The minimum absolute atomic E-state index is 0.0963. The number of hydrogen-bond donors (Lipinski definition) is 0. The second kappa shape index (κ2) is 8.27. The van der Waals surface area contributed by atoms with Crippen LogP contribution in [-0.4, -0.2) is 32.5 Å². The largest absolute Gasteiger partial charge is 0.465 e. The van der Waals surface area contributed by atoms with Crippen LogP contribution in [0.2, 0.25) is 0 Å². The molecule has 0 fully saturated rings. The maximum absolute atomic E-state index is 13.4. The van der Waals surface area contributed by atoms with E-state index in [2.05, 4.69) is 0 Å². The van der Waals surface area contributed by atoms with Gasteiger partial charge in [0.05, 0.1) is 22.1 Å². The molecule has 150 valence electrons. The first-order valence-electron chi connectivity index (χ1n) is 8.75. The van der Waals surface area contributed by atoms with Crippen molar-refractivity contribution in [2.45, 2.75) is 11.8 Å². The maximum atomic E-state index is 13.4. The number of carbonyl (C=O) groups excluding carboxylic acids is 1. The highest BCUT2D eigenvalue weighted by Crippen LogP contribution is 2.31. The zero-order chi connectivity index (χ0) is 21.0. The first-order valence-corrected chi connectivity index (χ1v) is 10.2. The van der Waals surface area contributed by atoms with Crippen LogP contribution in [0.5, 0.6) is 0 Å². The van der Waals surface area contributed by atoms with Gasteiger partial charge in [-0.25, -0.2) is 8.42 Å². The predicted octanol–water partition coefficient (Wildman–Crippen LogP) is 3.51. The quantitative estimate of drug-likeness (QED) is 0.333. The molecule has 0 bridgehead atoms. The van der Waals surface area contributed by atoms with Gasteiger partial charge in [0.2, 0.25) is 0 Å². The van der Waals surface area contributed by atoms with Crippen LogP contribution in [-0.2, 0) is 19.6 Å². The molecule has 3 aromatic carbocycles. The Morgan fingerprint density at radius 3 is 2.48 bits per heavy atom. The summed E-state index contributed by atoms with van der Waals surface area (Å²) in [6, 6.07) is 16.9. The fourth-order valence-corrected chi connectivity index (χ4v) is 4.40. The Balaban J connectivity index is 2.18. The summed E-state index contributed by atoms with van der Waals surface area (Å²) < 4.78 is 32.6. The lowest BCUT2D eigenvalue weighted by atomic mass is 10.1. The molecule has 0 aliphatic heterocycles. The summed E-state index contributed by atoms with van der Waals surface area (Å²) in [7, 11) is -4.29. The Labute approximate surface area is 167 Å². The summed E-state index contributed by atoms with van der Waals surface area (Å²) >= 11 is 0. The summed E-state index contributed by atoms with van der Waals surface area (Å²) in [4.78, 5) is 22.3. The number of benzene rings is 3. The van der Waals surface area contributed by atoms with Crippen molar-refractivity contribution in [2.24, 2.45) is 0 Å². The summed E-state index contributed by atoms with van der Waals surface area (Å²) in [5, 5.41) is 12.5. The van der Waals surface area contributed by atoms with Crippen molar-refractivity contribution in [3.05, 3.63) is 76.8 Å². The van der Waals surface area contributed by atoms with Gasteiger partial charge in [-0.2, -0.15) is 0 Å². The molecule has 29 heavy (non-hydrogen) atoms. The molecule has 0 radical (unpaired) electrons. The standard InChI is InChI=1S/C20H18N2O6S/c1-2-28-20(23)14-21(19-12-5-8-15-7-3-4-11-18(15)19)29(26,27)17-10-6-9-16(13-17)22(24)25/h3-13H,2,14H2,1H3. The molecule has 0 atom stereocenters. The molecular weight excluding hydrogens is 396 g/mol. The lowest BCUT2D eigenvalue weighted by molar-refractivity contribution is -0.385. The fourth-order valence-electron chi connectivity index (χ4n) is 2.93. The van der Waals surface area contributed by atoms with Crippen molar-refractivity contribution in [1.82, 2.24) is 0 Å². The number of fused-ring (bicyclic) bond motifs is 1. The highest BCUT2D eigenvalue weighted by Gasteiger charge is 2.30. The van der Waals surface area contributed by atoms with Crippen LogP contribution in [0.25, 0.3) is 10.8 Å². The van der Waals surface area contributed by atoms with E-state index in [1.54, 1.807) is 31.2 Å². The van der Waals surface area contributed by atoms with Crippen molar-refractivity contribution in [3.8, 4) is 0 Å². The molecule has 0 spiro atoms. The average molecular weight is 414 g/mol. The smallest absolute Gasteiger partial charge is 0.326 e. The Morgan fingerprint density at radius 2 is 1.76 bits per heavy atom. The zero-order valence-corrected chi connectivity index (χ0v) is 16.3. The SMILES string of the molecule is CCOC(=O)CN(c1cccc2ccccc12)S(=O)(=O)c1cccc([N+](=O)[O-])c1. The van der Waals surface area contributed by atoms with Crippen LogP contribution in [0, 0.1) is 10.1 Å². The number of carbonyl (C=O) groups is 1. The number of rotatable bonds is 7. The van der Waals surface area contributed by atoms with E-state index in [1.807, 2.05) is 18.2 Å². The van der Waals surface area contributed by atoms with Crippen molar-refractivity contribution in [2.75, 3.05) is 17.5 Å². The summed E-state index contributed by atoms with van der Waals surface area (Å²) in [5.41, 5.74) is -0.0808. The molecule has 0 heterocycles. The van der Waals surface area contributed by atoms with Crippen molar-refractivity contribution >= 4 is 38.1 Å². The Kier molecular flexibility index (Phi) is 5.79. The molecule has 0 N–H and O–H groups in total. The van der Waals surface area contributed by atoms with Gasteiger partial charge >= 0.3 is 5.97 Å². The first-order chi connectivity index (χ1) is 13.8. The third-order valence-corrected chi connectivity index (χ3v) is 5.99. The summed E-state index contributed by atoms with van der Waals surface area (Å²) in [5.74, 6) is -0.727. The number of esters is 1. The Hall–Kier alpha value is -3.46. The molecular formula is C20H18N2O6S. The molecule has 9 heteroatoms. The van der Waals surface area contributed by atoms with Crippen molar-refractivity contribution in [1.29, 1.82) is 0 Å². The van der Waals surface area contributed by atoms with Crippen LogP contribution in [0.1, 0.15) is 6.92 Å². The fraction of sp³-hybridized carbons (Fsp3) is 0.150. The molecule has 0 amide bonds. The number of ether oxygens (including phenoxy) is 1. The van der Waals surface area contributed by atoms with Crippen LogP contribution in [0.3, 0.4) is 0 Å². The third-order valence-electron chi connectivity index (χ3n) is 4.23. The number of nitrogens with zero attached hydrogens (tertiary/aromatic N) is 2. The molecule has 8 nitrogen and oxygen atoms in total. The maximum Gasteiger partial charge on any atom is 0.326 e. The molecule has 0 aliphatic carbocycles. The van der Waals surface area contributed by atoms with E-state index < -0.39 is 27.5 Å². The monoisotopic (exact) mass is 414 g/mol. The van der Waals surface area contributed by atoms with Gasteiger partial charge in [-0.1, -0.05) is 42.5 Å². The first kappa shape index (κ1) is 20.3. The Bertz CT molecular complexity index is 1170. The van der Waals surface area contributed by atoms with E-state index in [0.29, 0.717) is 5.39 Å². The molecule has 3 rings (SSSR count). The third kappa shape index (κ3) is 4.19. The molecule has 0 saturated heterocycles. The summed E-state index contributed by atoms with van der Waals surface area (Å²) in [6.45, 7) is 1.15. The molecule has 0 saturated carbocycles. The minimum atomic E-state index is -4.29. The van der Waals surface area contributed by atoms with Gasteiger partial charge in [0.15, 0.2) is 0 Å². The van der Waals surface area contributed by atoms with Gasteiger partial charge in [-0.15, -0.1) is 0 Å². The molecule has 0 unspecified atom stereocenters. The lowest BCUT2D eigenvalue weighted by Crippen LogP contribution is -2.36. The van der Waals surface area contributed by atoms with E-state index in [9.17, 15) is 23.3 Å².